The first-order valence-corrected chi connectivity index (χ1v) is 7.39. The molecule has 0 saturated carbocycles. The van der Waals surface area contributed by atoms with E-state index in [1.165, 1.54) is 5.56 Å². The number of nitrogens with two attached hydrogens (primary N) is 1. The maximum atomic E-state index is 6.18. The van der Waals surface area contributed by atoms with Crippen LogP contribution >= 0.6 is 35.6 Å². The average Bonchev–Trinajstić information content (AvgIpc) is 2.52. The van der Waals surface area contributed by atoms with Gasteiger partial charge in [0.15, 0.2) is 5.96 Å². The summed E-state index contributed by atoms with van der Waals surface area (Å²) in [5.74, 6) is 0.345. The number of benzene rings is 2. The molecule has 2 aromatic carbocycles. The Morgan fingerprint density at radius 1 is 1.22 bits per heavy atom. The molecule has 0 aliphatic heterocycles. The monoisotopic (exact) mass is 445 g/mol. The van der Waals surface area contributed by atoms with Gasteiger partial charge in [0.2, 0.25) is 0 Å². The van der Waals surface area contributed by atoms with Crippen molar-refractivity contribution in [3.05, 3.63) is 64.7 Å². The number of methoxy groups -OCH3 is 1. The first kappa shape index (κ1) is 19.7. The molecule has 0 amide bonds. The second-order valence-corrected chi connectivity index (χ2v) is 5.37. The van der Waals surface area contributed by atoms with Gasteiger partial charge in [-0.3, -0.25) is 4.99 Å². The lowest BCUT2D eigenvalue weighted by molar-refractivity contribution is 0.111. The van der Waals surface area contributed by atoms with Crippen molar-refractivity contribution in [3.63, 3.8) is 0 Å². The highest BCUT2D eigenvalue weighted by Crippen LogP contribution is 2.25. The third-order valence-corrected chi connectivity index (χ3v) is 3.63. The molecule has 23 heavy (non-hydrogen) atoms. The number of hydrogen-bond donors (Lipinski definition) is 2. The Morgan fingerprint density at radius 3 is 2.48 bits per heavy atom. The Bertz CT molecular complexity index is 647. The third kappa shape index (κ3) is 6.01. The molecule has 6 heteroatoms. The standard InChI is InChI=1S/C17H20ClN3O.HI/c1-12-7-9-13(10-8-12)21-17(19)20-11-16(22-2)14-5-3-4-6-15(14)18;/h3-10,16H,11H2,1-2H3,(H3,19,20,21);1H. The molecule has 4 nitrogen and oxygen atoms in total. The molecule has 3 N–H and O–H groups in total. The third-order valence-electron chi connectivity index (χ3n) is 3.29. The lowest BCUT2D eigenvalue weighted by Gasteiger charge is -2.15. The molecule has 2 rings (SSSR count). The predicted molar refractivity (Wildman–Crippen MR) is 108 cm³/mol. The summed E-state index contributed by atoms with van der Waals surface area (Å²) in [6.07, 6.45) is -0.230. The van der Waals surface area contributed by atoms with Crippen molar-refractivity contribution in [2.45, 2.75) is 13.0 Å². The Labute approximate surface area is 159 Å². The van der Waals surface area contributed by atoms with Crippen LogP contribution in [0.4, 0.5) is 5.69 Å². The average molecular weight is 446 g/mol. The quantitative estimate of drug-likeness (QED) is 0.408. The molecule has 0 bridgehead atoms. The molecule has 0 saturated heterocycles. The van der Waals surface area contributed by atoms with E-state index >= 15 is 0 Å². The summed E-state index contributed by atoms with van der Waals surface area (Å²) in [5.41, 5.74) is 8.91. The number of aryl methyl sites for hydroxylation is 1. The summed E-state index contributed by atoms with van der Waals surface area (Å²) in [4.78, 5) is 4.33. The van der Waals surface area contributed by atoms with Gasteiger partial charge in [-0.1, -0.05) is 47.5 Å². The van der Waals surface area contributed by atoms with Crippen molar-refractivity contribution >= 4 is 47.2 Å². The molecule has 0 aromatic heterocycles. The molecular weight excluding hydrogens is 425 g/mol. The van der Waals surface area contributed by atoms with E-state index in [0.717, 1.165) is 11.3 Å². The van der Waals surface area contributed by atoms with Crippen LogP contribution in [0.1, 0.15) is 17.2 Å². The van der Waals surface area contributed by atoms with E-state index in [1.807, 2.05) is 55.5 Å². The van der Waals surface area contributed by atoms with Gasteiger partial charge in [0.1, 0.15) is 6.10 Å². The maximum absolute atomic E-state index is 6.18. The second kappa shape index (κ2) is 9.75. The first-order chi connectivity index (χ1) is 10.6. The topological polar surface area (TPSA) is 59.6 Å². The zero-order valence-corrected chi connectivity index (χ0v) is 16.2. The highest BCUT2D eigenvalue weighted by molar-refractivity contribution is 14.0. The van der Waals surface area contributed by atoms with E-state index in [2.05, 4.69) is 10.3 Å². The van der Waals surface area contributed by atoms with E-state index in [9.17, 15) is 0 Å². The normalized spacial score (nSPS) is 12.4. The number of guanidine groups is 1. The van der Waals surface area contributed by atoms with Gasteiger partial charge < -0.3 is 15.8 Å². The van der Waals surface area contributed by atoms with E-state index in [4.69, 9.17) is 22.1 Å². The Balaban J connectivity index is 0.00000264. The van der Waals surface area contributed by atoms with Crippen molar-refractivity contribution in [2.75, 3.05) is 19.0 Å². The minimum atomic E-state index is -0.230. The Hall–Kier alpha value is -1.31. The summed E-state index contributed by atoms with van der Waals surface area (Å²) >= 11 is 6.18. The van der Waals surface area contributed by atoms with Crippen LogP contribution in [-0.2, 0) is 4.74 Å². The van der Waals surface area contributed by atoms with Gasteiger partial charge in [0.25, 0.3) is 0 Å². The number of nitrogens with one attached hydrogen (secondary N) is 1. The van der Waals surface area contributed by atoms with Crippen molar-refractivity contribution in [1.29, 1.82) is 0 Å². The number of anilines is 1. The van der Waals surface area contributed by atoms with Crippen LogP contribution in [0, 0.1) is 6.92 Å². The van der Waals surface area contributed by atoms with Gasteiger partial charge in [-0.05, 0) is 25.1 Å². The summed E-state index contributed by atoms with van der Waals surface area (Å²) < 4.78 is 5.46. The number of nitrogens with zero attached hydrogens (tertiary/aromatic N) is 1. The van der Waals surface area contributed by atoms with E-state index < -0.39 is 0 Å². The highest BCUT2D eigenvalue weighted by atomic mass is 127. The zero-order chi connectivity index (χ0) is 15.9. The van der Waals surface area contributed by atoms with Crippen molar-refractivity contribution < 1.29 is 4.74 Å². The maximum Gasteiger partial charge on any atom is 0.193 e. The lowest BCUT2D eigenvalue weighted by Crippen LogP contribution is -2.23. The molecule has 0 aliphatic carbocycles. The van der Waals surface area contributed by atoms with Gasteiger partial charge in [-0.25, -0.2) is 0 Å². The van der Waals surface area contributed by atoms with Crippen LogP contribution in [0.15, 0.2) is 53.5 Å². The molecule has 124 valence electrons. The van der Waals surface area contributed by atoms with Crippen molar-refractivity contribution in [2.24, 2.45) is 10.7 Å². The van der Waals surface area contributed by atoms with E-state index in [-0.39, 0.29) is 30.1 Å². The number of rotatable bonds is 5. The molecule has 0 heterocycles. The molecule has 2 aromatic rings. The Morgan fingerprint density at radius 2 is 1.87 bits per heavy atom. The van der Waals surface area contributed by atoms with Crippen LogP contribution in [0.25, 0.3) is 0 Å². The van der Waals surface area contributed by atoms with Gasteiger partial charge in [0, 0.05) is 23.4 Å². The summed E-state index contributed by atoms with van der Waals surface area (Å²) in [5, 5.41) is 3.72. The molecule has 0 radical (unpaired) electrons. The minimum Gasteiger partial charge on any atom is -0.375 e. The number of halogens is 2. The predicted octanol–water partition coefficient (Wildman–Crippen LogP) is 4.38. The molecule has 1 atom stereocenters. The number of aliphatic imine (C=N–C) groups is 1. The molecule has 0 aliphatic rings. The summed E-state index contributed by atoms with van der Waals surface area (Å²) in [6.45, 7) is 2.43. The highest BCUT2D eigenvalue weighted by Gasteiger charge is 2.13. The first-order valence-electron chi connectivity index (χ1n) is 7.01. The van der Waals surface area contributed by atoms with E-state index in [1.54, 1.807) is 7.11 Å². The molecule has 0 spiro atoms. The fourth-order valence-electron chi connectivity index (χ4n) is 2.04. The van der Waals surface area contributed by atoms with Crippen LogP contribution in [0.2, 0.25) is 5.02 Å². The fourth-order valence-corrected chi connectivity index (χ4v) is 2.30. The molecule has 0 fully saturated rings. The second-order valence-electron chi connectivity index (χ2n) is 4.96. The van der Waals surface area contributed by atoms with Crippen LogP contribution in [-0.4, -0.2) is 19.6 Å². The molecule has 1 unspecified atom stereocenters. The van der Waals surface area contributed by atoms with Gasteiger partial charge >= 0.3 is 0 Å². The van der Waals surface area contributed by atoms with E-state index in [0.29, 0.717) is 17.5 Å². The summed E-state index contributed by atoms with van der Waals surface area (Å²) in [7, 11) is 1.63. The number of ether oxygens (including phenoxy) is 1. The fraction of sp³-hybridized carbons (Fsp3) is 0.235. The smallest absolute Gasteiger partial charge is 0.193 e. The van der Waals surface area contributed by atoms with Gasteiger partial charge in [0.05, 0.1) is 6.54 Å². The number of hydrogen-bond acceptors (Lipinski definition) is 2. The largest absolute Gasteiger partial charge is 0.375 e. The summed E-state index contributed by atoms with van der Waals surface area (Å²) in [6, 6.07) is 15.5. The van der Waals surface area contributed by atoms with Gasteiger partial charge in [-0.2, -0.15) is 0 Å². The molecular formula is C17H21ClIN3O. The van der Waals surface area contributed by atoms with Crippen LogP contribution in [0.5, 0.6) is 0 Å². The SMILES string of the molecule is COC(CN=C(N)Nc1ccc(C)cc1)c1ccccc1Cl.I. The van der Waals surface area contributed by atoms with Crippen LogP contribution < -0.4 is 11.1 Å². The minimum absolute atomic E-state index is 0. The zero-order valence-electron chi connectivity index (χ0n) is 13.1. The van der Waals surface area contributed by atoms with Crippen molar-refractivity contribution in [1.82, 2.24) is 0 Å². The van der Waals surface area contributed by atoms with Gasteiger partial charge in [-0.15, -0.1) is 24.0 Å². The van der Waals surface area contributed by atoms with Crippen LogP contribution in [0.3, 0.4) is 0 Å². The lowest BCUT2D eigenvalue weighted by atomic mass is 10.1. The van der Waals surface area contributed by atoms with Crippen molar-refractivity contribution in [3.8, 4) is 0 Å². The Kier molecular flexibility index (Phi) is 8.36.